The Balaban J connectivity index is 2.33. The van der Waals surface area contributed by atoms with E-state index < -0.39 is 5.97 Å². The zero-order valence-electron chi connectivity index (χ0n) is 12.0. The van der Waals surface area contributed by atoms with Crippen LogP contribution in [0.3, 0.4) is 0 Å². The van der Waals surface area contributed by atoms with Gasteiger partial charge in [-0.3, -0.25) is 5.10 Å². The molecule has 0 saturated heterocycles. The van der Waals surface area contributed by atoms with Crippen LogP contribution >= 0.6 is 11.8 Å². The molecule has 2 aromatic rings. The fourth-order valence-corrected chi connectivity index (χ4v) is 2.38. The molecule has 0 radical (unpaired) electrons. The second-order valence-electron chi connectivity index (χ2n) is 4.21. The highest BCUT2D eigenvalue weighted by Gasteiger charge is 2.14. The van der Waals surface area contributed by atoms with Crippen LogP contribution in [0.1, 0.15) is 18.3 Å². The van der Waals surface area contributed by atoms with E-state index in [4.69, 9.17) is 4.74 Å². The van der Waals surface area contributed by atoms with Gasteiger partial charge in [0.25, 0.3) is 0 Å². The van der Waals surface area contributed by atoms with Gasteiger partial charge in [-0.15, -0.1) is 5.10 Å². The van der Waals surface area contributed by atoms with Gasteiger partial charge in [-0.2, -0.15) is 0 Å². The number of nitrogens with one attached hydrogen (secondary N) is 1. The summed E-state index contributed by atoms with van der Waals surface area (Å²) in [5, 5.41) is 28.3. The molecule has 7 nitrogen and oxygen atoms in total. The number of carboxylic acids is 1. The summed E-state index contributed by atoms with van der Waals surface area (Å²) in [4.78, 5) is 15.5. The lowest BCUT2D eigenvalue weighted by atomic mass is 10.1. The second-order valence-corrected chi connectivity index (χ2v) is 5.22. The van der Waals surface area contributed by atoms with Crippen molar-refractivity contribution in [2.45, 2.75) is 18.5 Å². The SMILES string of the molecule is CCc1nc(S/C(=C\c2cccc(OC)c2[O-])C(=O)O)n[nH]1. The van der Waals surface area contributed by atoms with Gasteiger partial charge in [0.05, 0.1) is 7.11 Å². The average molecular weight is 320 g/mol. The molecule has 1 aromatic heterocycles. The number of aryl methyl sites for hydroxylation is 1. The summed E-state index contributed by atoms with van der Waals surface area (Å²) in [6.07, 6.45) is 1.96. The monoisotopic (exact) mass is 320 g/mol. The van der Waals surface area contributed by atoms with E-state index in [1.807, 2.05) is 6.92 Å². The molecular weight excluding hydrogens is 306 g/mol. The molecule has 0 bridgehead atoms. The number of nitrogens with zero attached hydrogens (tertiary/aromatic N) is 2. The van der Waals surface area contributed by atoms with Crippen molar-refractivity contribution in [2.24, 2.45) is 0 Å². The van der Waals surface area contributed by atoms with Crippen molar-refractivity contribution in [2.75, 3.05) is 7.11 Å². The van der Waals surface area contributed by atoms with Gasteiger partial charge in [0, 0.05) is 6.42 Å². The van der Waals surface area contributed by atoms with Crippen molar-refractivity contribution in [1.82, 2.24) is 15.2 Å². The van der Waals surface area contributed by atoms with Gasteiger partial charge in [0.2, 0.25) is 5.16 Å². The minimum Gasteiger partial charge on any atom is -0.870 e. The van der Waals surface area contributed by atoms with E-state index in [9.17, 15) is 15.0 Å². The van der Waals surface area contributed by atoms with Gasteiger partial charge in [0.15, 0.2) is 0 Å². The number of benzene rings is 1. The fourth-order valence-electron chi connectivity index (χ4n) is 1.66. The first kappa shape index (κ1) is 15.9. The number of aromatic amines is 1. The number of carbonyl (C=O) groups is 1. The molecule has 0 aliphatic carbocycles. The van der Waals surface area contributed by atoms with Gasteiger partial charge in [-0.25, -0.2) is 9.78 Å². The summed E-state index contributed by atoms with van der Waals surface area (Å²) in [5.74, 6) is -0.698. The number of H-pyrrole nitrogens is 1. The zero-order chi connectivity index (χ0) is 16.1. The summed E-state index contributed by atoms with van der Waals surface area (Å²) < 4.78 is 4.94. The lowest BCUT2D eigenvalue weighted by Crippen LogP contribution is -2.00. The molecule has 0 saturated carbocycles. The maximum atomic E-state index is 12.1. The number of hydrogen-bond acceptors (Lipinski definition) is 6. The van der Waals surface area contributed by atoms with Crippen molar-refractivity contribution >= 4 is 23.8 Å². The fraction of sp³-hybridized carbons (Fsp3) is 0.214. The Bertz CT molecular complexity index is 712. The maximum absolute atomic E-state index is 12.1. The molecule has 1 aromatic carbocycles. The molecule has 0 aliphatic rings. The summed E-state index contributed by atoms with van der Waals surface area (Å²) in [5.41, 5.74) is 0.232. The maximum Gasteiger partial charge on any atom is 0.342 e. The molecule has 116 valence electrons. The molecular formula is C14H14N3O4S-. The van der Waals surface area contributed by atoms with Crippen LogP contribution in [0, 0.1) is 0 Å². The lowest BCUT2D eigenvalue weighted by Gasteiger charge is -2.15. The van der Waals surface area contributed by atoms with Gasteiger partial charge >= 0.3 is 5.97 Å². The van der Waals surface area contributed by atoms with Crippen LogP contribution < -0.4 is 9.84 Å². The molecule has 22 heavy (non-hydrogen) atoms. The Morgan fingerprint density at radius 3 is 2.91 bits per heavy atom. The van der Waals surface area contributed by atoms with Crippen LogP contribution in [-0.2, 0) is 11.2 Å². The third kappa shape index (κ3) is 3.59. The van der Waals surface area contributed by atoms with Gasteiger partial charge in [-0.05, 0) is 29.5 Å². The van der Waals surface area contributed by atoms with Crippen LogP contribution in [0.15, 0.2) is 28.3 Å². The Hall–Kier alpha value is -2.48. The smallest absolute Gasteiger partial charge is 0.342 e. The van der Waals surface area contributed by atoms with Crippen LogP contribution in [0.5, 0.6) is 11.5 Å². The summed E-state index contributed by atoms with van der Waals surface area (Å²) in [6, 6.07) is 4.68. The molecule has 8 heteroatoms. The zero-order valence-corrected chi connectivity index (χ0v) is 12.8. The molecule has 0 amide bonds. The van der Waals surface area contributed by atoms with Gasteiger partial charge in [-0.1, -0.05) is 24.8 Å². The summed E-state index contributed by atoms with van der Waals surface area (Å²) >= 11 is 0.878. The number of aliphatic carboxylic acids is 1. The topological polar surface area (TPSA) is 111 Å². The molecule has 0 atom stereocenters. The molecule has 1 heterocycles. The van der Waals surface area contributed by atoms with Crippen LogP contribution in [0.2, 0.25) is 0 Å². The van der Waals surface area contributed by atoms with Crippen molar-refractivity contribution in [3.8, 4) is 11.5 Å². The molecule has 0 fully saturated rings. The standard InChI is InChI=1S/C14H15N3O4S/c1-3-11-15-14(17-16-11)22-10(13(19)20)7-8-5-4-6-9(21-2)12(8)18/h4-7,18H,3H2,1-2H3,(H,19,20)(H,15,16,17)/p-1/b10-7-. The lowest BCUT2D eigenvalue weighted by molar-refractivity contribution is -0.270. The van der Waals surface area contributed by atoms with Crippen LogP contribution in [-0.4, -0.2) is 33.4 Å². The number of methoxy groups -OCH3 is 1. The predicted octanol–water partition coefficient (Wildman–Crippen LogP) is 1.67. The molecule has 0 aliphatic heterocycles. The Morgan fingerprint density at radius 2 is 2.32 bits per heavy atom. The average Bonchev–Trinajstić information content (AvgIpc) is 2.96. The Labute approximate surface area is 131 Å². The predicted molar refractivity (Wildman–Crippen MR) is 79.7 cm³/mol. The Kier molecular flexibility index (Phi) is 5.05. The number of thioether (sulfide) groups is 1. The van der Waals surface area contributed by atoms with E-state index in [0.717, 1.165) is 11.8 Å². The highest BCUT2D eigenvalue weighted by Crippen LogP contribution is 2.31. The summed E-state index contributed by atoms with van der Waals surface area (Å²) in [7, 11) is 1.39. The first-order valence-corrected chi connectivity index (χ1v) is 7.25. The molecule has 2 N–H and O–H groups in total. The number of rotatable bonds is 6. The highest BCUT2D eigenvalue weighted by molar-refractivity contribution is 8.04. The van der Waals surface area contributed by atoms with E-state index in [2.05, 4.69) is 15.2 Å². The molecule has 2 rings (SSSR count). The minimum absolute atomic E-state index is 0.0491. The third-order valence-corrected chi connectivity index (χ3v) is 3.65. The number of carboxylic acid groups (broad SMARTS) is 1. The first-order chi connectivity index (χ1) is 10.5. The van der Waals surface area contributed by atoms with E-state index in [-0.39, 0.29) is 22.0 Å². The number of hydrogen-bond donors (Lipinski definition) is 2. The number of ether oxygens (including phenoxy) is 1. The minimum atomic E-state index is -1.16. The van der Waals surface area contributed by atoms with E-state index in [1.165, 1.54) is 25.3 Å². The number of aromatic nitrogens is 3. The largest absolute Gasteiger partial charge is 0.870 e. The van der Waals surface area contributed by atoms with Crippen LogP contribution in [0.4, 0.5) is 0 Å². The molecule has 0 spiro atoms. The van der Waals surface area contributed by atoms with Gasteiger partial charge < -0.3 is 14.9 Å². The highest BCUT2D eigenvalue weighted by atomic mass is 32.2. The first-order valence-electron chi connectivity index (χ1n) is 6.43. The van der Waals surface area contributed by atoms with Crippen molar-refractivity contribution < 1.29 is 19.7 Å². The van der Waals surface area contributed by atoms with Crippen molar-refractivity contribution in [3.05, 3.63) is 34.5 Å². The van der Waals surface area contributed by atoms with E-state index >= 15 is 0 Å². The van der Waals surface area contributed by atoms with Crippen LogP contribution in [0.25, 0.3) is 6.08 Å². The quantitative estimate of drug-likeness (QED) is 0.615. The second kappa shape index (κ2) is 6.99. The summed E-state index contributed by atoms with van der Waals surface area (Å²) in [6.45, 7) is 1.91. The number of para-hydroxylation sites is 1. The van der Waals surface area contributed by atoms with Gasteiger partial charge in [0.1, 0.15) is 16.5 Å². The third-order valence-electron chi connectivity index (χ3n) is 2.77. The normalized spacial score (nSPS) is 11.5. The van der Waals surface area contributed by atoms with Crippen molar-refractivity contribution in [1.29, 1.82) is 0 Å². The van der Waals surface area contributed by atoms with E-state index in [1.54, 1.807) is 6.07 Å². The Morgan fingerprint density at radius 1 is 1.55 bits per heavy atom. The van der Waals surface area contributed by atoms with E-state index in [0.29, 0.717) is 17.4 Å². The van der Waals surface area contributed by atoms with Crippen molar-refractivity contribution in [3.63, 3.8) is 0 Å². The molecule has 0 unspecified atom stereocenters.